The molecule has 0 spiro atoms. The summed E-state index contributed by atoms with van der Waals surface area (Å²) in [6.07, 6.45) is 5.46. The molecule has 3 rings (SSSR count). The Balaban J connectivity index is 1.70. The van der Waals surface area contributed by atoms with E-state index in [0.717, 1.165) is 50.3 Å². The Hall–Kier alpha value is -0.230. The summed E-state index contributed by atoms with van der Waals surface area (Å²) in [5, 5.41) is 3.71. The number of hydrogen-bond donors (Lipinski definition) is 1. The Morgan fingerprint density at radius 3 is 3.00 bits per heavy atom. The first-order chi connectivity index (χ1) is 10.2. The fourth-order valence-corrected chi connectivity index (χ4v) is 4.99. The van der Waals surface area contributed by atoms with E-state index in [9.17, 15) is 4.39 Å². The lowest BCUT2D eigenvalue weighted by atomic mass is 9.97. The van der Waals surface area contributed by atoms with E-state index in [0.29, 0.717) is 0 Å². The van der Waals surface area contributed by atoms with Crippen molar-refractivity contribution in [3.05, 3.63) is 29.6 Å². The quantitative estimate of drug-likeness (QED) is 0.906. The number of benzene rings is 1. The highest BCUT2D eigenvalue weighted by atomic mass is 32.2. The van der Waals surface area contributed by atoms with Gasteiger partial charge in [0.1, 0.15) is 5.82 Å². The van der Waals surface area contributed by atoms with Gasteiger partial charge in [0.05, 0.1) is 0 Å². The lowest BCUT2D eigenvalue weighted by Gasteiger charge is -2.38. The average Bonchev–Trinajstić information content (AvgIpc) is 2.54. The number of rotatable bonds is 4. The number of nitrogens with one attached hydrogen (secondary N) is 1. The second-order valence-electron chi connectivity index (χ2n) is 5.75. The molecule has 0 aliphatic carbocycles. The molecule has 5 heteroatoms. The highest BCUT2D eigenvalue weighted by Gasteiger charge is 2.33. The summed E-state index contributed by atoms with van der Waals surface area (Å²) < 4.78 is 19.3. The predicted molar refractivity (Wildman–Crippen MR) is 88.8 cm³/mol. The first-order valence-electron chi connectivity index (χ1n) is 7.51. The number of ether oxygens (including phenoxy) is 1. The molecule has 0 unspecified atom stereocenters. The minimum Gasteiger partial charge on any atom is -0.381 e. The molecular formula is C16H22FNOS2. The first kappa shape index (κ1) is 15.7. The van der Waals surface area contributed by atoms with E-state index in [-0.39, 0.29) is 16.6 Å². The van der Waals surface area contributed by atoms with E-state index in [4.69, 9.17) is 4.74 Å². The summed E-state index contributed by atoms with van der Waals surface area (Å²) in [6, 6.07) is 5.47. The van der Waals surface area contributed by atoms with Gasteiger partial charge in [-0.15, -0.1) is 11.8 Å². The fraction of sp³-hybridized carbons (Fsp3) is 0.625. The molecule has 0 bridgehead atoms. The number of halogens is 1. The molecule has 1 aromatic carbocycles. The molecule has 2 heterocycles. The van der Waals surface area contributed by atoms with Crippen LogP contribution < -0.4 is 5.32 Å². The van der Waals surface area contributed by atoms with E-state index in [2.05, 4.69) is 11.6 Å². The van der Waals surface area contributed by atoms with Crippen molar-refractivity contribution < 1.29 is 9.13 Å². The molecule has 0 amide bonds. The van der Waals surface area contributed by atoms with Crippen LogP contribution in [0.1, 0.15) is 30.9 Å². The van der Waals surface area contributed by atoms with Crippen molar-refractivity contribution in [2.24, 2.45) is 0 Å². The van der Waals surface area contributed by atoms with Gasteiger partial charge in [0.2, 0.25) is 0 Å². The maximum absolute atomic E-state index is 13.5. The zero-order chi connectivity index (χ0) is 14.7. The maximum atomic E-state index is 13.5. The molecule has 2 aliphatic heterocycles. The zero-order valence-corrected chi connectivity index (χ0v) is 14.0. The maximum Gasteiger partial charge on any atom is 0.123 e. The molecule has 0 aromatic heterocycles. The third kappa shape index (κ3) is 3.58. The van der Waals surface area contributed by atoms with Gasteiger partial charge >= 0.3 is 0 Å². The van der Waals surface area contributed by atoms with Gasteiger partial charge in [0, 0.05) is 35.4 Å². The average molecular weight is 327 g/mol. The van der Waals surface area contributed by atoms with Crippen molar-refractivity contribution in [2.45, 2.75) is 34.9 Å². The standard InChI is InChI=1S/C16H22FNOS2/c1-20-16(5-7-19-8-6-16)11-18-14-4-9-21-15-3-2-12(17)10-13(14)15/h2-3,10,14,18H,4-9,11H2,1H3/t14-/m0/s1. The van der Waals surface area contributed by atoms with E-state index < -0.39 is 0 Å². The third-order valence-corrected chi connectivity index (χ3v) is 7.06. The van der Waals surface area contributed by atoms with Gasteiger partial charge in [-0.1, -0.05) is 0 Å². The van der Waals surface area contributed by atoms with Crippen LogP contribution in [-0.2, 0) is 4.74 Å². The highest BCUT2D eigenvalue weighted by Crippen LogP contribution is 2.38. The molecule has 1 atom stereocenters. The molecular weight excluding hydrogens is 305 g/mol. The zero-order valence-electron chi connectivity index (χ0n) is 12.4. The lowest BCUT2D eigenvalue weighted by molar-refractivity contribution is 0.0764. The van der Waals surface area contributed by atoms with E-state index in [1.807, 2.05) is 29.6 Å². The molecule has 116 valence electrons. The second-order valence-corrected chi connectivity index (χ2v) is 8.16. The summed E-state index contributed by atoms with van der Waals surface area (Å²) in [5.74, 6) is 0.972. The van der Waals surface area contributed by atoms with Crippen LogP contribution in [0, 0.1) is 5.82 Å². The molecule has 1 fully saturated rings. The summed E-state index contributed by atoms with van der Waals surface area (Å²) >= 11 is 3.78. The number of fused-ring (bicyclic) bond motifs is 1. The van der Waals surface area contributed by atoms with Crippen molar-refractivity contribution in [2.75, 3.05) is 31.8 Å². The highest BCUT2D eigenvalue weighted by molar-refractivity contribution is 8.00. The van der Waals surface area contributed by atoms with E-state index in [1.54, 1.807) is 12.1 Å². The van der Waals surface area contributed by atoms with Gasteiger partial charge in [-0.05, 0) is 55.0 Å². The van der Waals surface area contributed by atoms with Crippen LogP contribution >= 0.6 is 23.5 Å². The molecule has 2 aliphatic rings. The van der Waals surface area contributed by atoms with Crippen LogP contribution in [0.25, 0.3) is 0 Å². The Kier molecular flexibility index (Phi) is 5.15. The third-order valence-electron chi connectivity index (χ3n) is 4.52. The van der Waals surface area contributed by atoms with Crippen LogP contribution in [0.2, 0.25) is 0 Å². The van der Waals surface area contributed by atoms with Crippen molar-refractivity contribution in [1.82, 2.24) is 5.32 Å². The SMILES string of the molecule is CSC1(CN[C@H]2CCSc3ccc(F)cc32)CCOCC1. The van der Waals surface area contributed by atoms with Crippen LogP contribution in [0.5, 0.6) is 0 Å². The smallest absolute Gasteiger partial charge is 0.123 e. The van der Waals surface area contributed by atoms with Gasteiger partial charge in [0.15, 0.2) is 0 Å². The van der Waals surface area contributed by atoms with Crippen LogP contribution in [-0.4, -0.2) is 36.5 Å². The minimum atomic E-state index is -0.131. The van der Waals surface area contributed by atoms with Crippen LogP contribution in [0.3, 0.4) is 0 Å². The van der Waals surface area contributed by atoms with Gasteiger partial charge in [-0.3, -0.25) is 0 Å². The second kappa shape index (κ2) is 6.90. The Morgan fingerprint density at radius 1 is 1.43 bits per heavy atom. The minimum absolute atomic E-state index is 0.131. The topological polar surface area (TPSA) is 21.3 Å². The molecule has 21 heavy (non-hydrogen) atoms. The Labute approximate surface area is 134 Å². The van der Waals surface area contributed by atoms with E-state index >= 15 is 0 Å². The molecule has 1 N–H and O–H groups in total. The normalized spacial score (nSPS) is 24.6. The Morgan fingerprint density at radius 2 is 2.24 bits per heavy atom. The van der Waals surface area contributed by atoms with Crippen LogP contribution in [0.4, 0.5) is 4.39 Å². The van der Waals surface area contributed by atoms with Crippen molar-refractivity contribution in [3.63, 3.8) is 0 Å². The van der Waals surface area contributed by atoms with Gasteiger partial charge in [-0.2, -0.15) is 11.8 Å². The van der Waals surface area contributed by atoms with Crippen molar-refractivity contribution in [3.8, 4) is 0 Å². The number of hydrogen-bond acceptors (Lipinski definition) is 4. The summed E-state index contributed by atoms with van der Waals surface area (Å²) in [6.45, 7) is 2.69. The largest absolute Gasteiger partial charge is 0.381 e. The molecule has 0 saturated carbocycles. The lowest BCUT2D eigenvalue weighted by Crippen LogP contribution is -2.43. The van der Waals surface area contributed by atoms with Gasteiger partial charge < -0.3 is 10.1 Å². The molecule has 1 aromatic rings. The Bertz CT molecular complexity index is 491. The molecule has 1 saturated heterocycles. The first-order valence-corrected chi connectivity index (χ1v) is 9.72. The monoisotopic (exact) mass is 327 g/mol. The summed E-state index contributed by atoms with van der Waals surface area (Å²) in [5.41, 5.74) is 1.13. The van der Waals surface area contributed by atoms with Crippen molar-refractivity contribution >= 4 is 23.5 Å². The van der Waals surface area contributed by atoms with E-state index in [1.165, 1.54) is 4.90 Å². The van der Waals surface area contributed by atoms with Crippen molar-refractivity contribution in [1.29, 1.82) is 0 Å². The van der Waals surface area contributed by atoms with Gasteiger partial charge in [-0.25, -0.2) is 4.39 Å². The summed E-state index contributed by atoms with van der Waals surface area (Å²) in [7, 11) is 0. The van der Waals surface area contributed by atoms with Crippen LogP contribution in [0.15, 0.2) is 23.1 Å². The fourth-order valence-electron chi connectivity index (χ4n) is 3.08. The summed E-state index contributed by atoms with van der Waals surface area (Å²) in [4.78, 5) is 1.23. The molecule has 0 radical (unpaired) electrons. The number of thioether (sulfide) groups is 2. The van der Waals surface area contributed by atoms with Gasteiger partial charge in [0.25, 0.3) is 0 Å². The predicted octanol–water partition coefficient (Wildman–Crippen LogP) is 3.86. The molecule has 2 nitrogen and oxygen atoms in total.